The summed E-state index contributed by atoms with van der Waals surface area (Å²) >= 11 is 19.1. The van der Waals surface area contributed by atoms with E-state index in [0.717, 1.165) is 20.1 Å². The van der Waals surface area contributed by atoms with Crippen LogP contribution in [-0.2, 0) is 0 Å². The lowest BCUT2D eigenvalue weighted by Crippen LogP contribution is -1.94. The molecule has 0 aliphatic heterocycles. The molecule has 0 saturated heterocycles. The lowest BCUT2D eigenvalue weighted by Gasteiger charge is -2.11. The Hall–Kier alpha value is 0.0400. The third-order valence-corrected chi connectivity index (χ3v) is 4.59. The van der Waals surface area contributed by atoms with Crippen molar-refractivity contribution in [3.05, 3.63) is 55.3 Å². The highest BCUT2D eigenvalue weighted by atomic mass is 79.9. The molecule has 1 unspecified atom stereocenters. The first-order chi connectivity index (χ1) is 7.99. The highest BCUT2D eigenvalue weighted by Gasteiger charge is 2.18. The quantitative estimate of drug-likeness (QED) is 0.557. The minimum atomic E-state index is -0.367. The van der Waals surface area contributed by atoms with Crippen LogP contribution in [0.3, 0.4) is 0 Å². The molecule has 0 saturated carbocycles. The van der Waals surface area contributed by atoms with E-state index in [9.17, 15) is 0 Å². The van der Waals surface area contributed by atoms with Crippen LogP contribution in [0.5, 0.6) is 0 Å². The van der Waals surface area contributed by atoms with Gasteiger partial charge in [-0.15, -0.1) is 11.6 Å². The molecule has 0 aliphatic carbocycles. The van der Waals surface area contributed by atoms with Crippen LogP contribution in [0.1, 0.15) is 22.3 Å². The number of benzene rings is 1. The maximum absolute atomic E-state index is 6.37. The predicted octanol–water partition coefficient (Wildman–Crippen LogP) is 6.09. The third kappa shape index (κ3) is 2.90. The minimum Gasteiger partial charge on any atom is -0.448 e. The Bertz CT molecular complexity index is 551. The molecule has 0 amide bonds. The van der Waals surface area contributed by atoms with Crippen LogP contribution in [0, 0.1) is 6.92 Å². The Morgan fingerprint density at radius 1 is 1.18 bits per heavy atom. The maximum Gasteiger partial charge on any atom is 0.193 e. The molecule has 0 N–H and O–H groups in total. The highest BCUT2D eigenvalue weighted by Crippen LogP contribution is 2.37. The Balaban J connectivity index is 2.43. The zero-order valence-electron chi connectivity index (χ0n) is 8.81. The van der Waals surface area contributed by atoms with Gasteiger partial charge in [0.25, 0.3) is 0 Å². The van der Waals surface area contributed by atoms with Gasteiger partial charge in [0.2, 0.25) is 0 Å². The maximum atomic E-state index is 6.37. The number of hydrogen-bond acceptors (Lipinski definition) is 1. The van der Waals surface area contributed by atoms with Gasteiger partial charge in [-0.3, -0.25) is 0 Å². The van der Waals surface area contributed by atoms with E-state index in [-0.39, 0.29) is 5.38 Å². The molecule has 2 aromatic rings. The van der Waals surface area contributed by atoms with Crippen LogP contribution >= 0.6 is 55.1 Å². The third-order valence-electron chi connectivity index (χ3n) is 2.39. The standard InChI is InChI=1S/C12H8Br2Cl2O/c1-6-4-9(14)7(5-8(6)13)12(16)10-2-3-11(15)17-10/h2-5,12H,1H3. The summed E-state index contributed by atoms with van der Waals surface area (Å²) in [6, 6.07) is 7.45. The highest BCUT2D eigenvalue weighted by molar-refractivity contribution is 9.11. The molecule has 0 radical (unpaired) electrons. The number of rotatable bonds is 2. The SMILES string of the molecule is Cc1cc(Br)c(C(Cl)c2ccc(Cl)o2)cc1Br. The number of furan rings is 1. The van der Waals surface area contributed by atoms with Crippen LogP contribution in [0.15, 0.2) is 37.6 Å². The second-order valence-corrected chi connectivity index (χ2v) is 6.14. The van der Waals surface area contributed by atoms with Crippen molar-refractivity contribution in [2.45, 2.75) is 12.3 Å². The van der Waals surface area contributed by atoms with Gasteiger partial charge in [-0.25, -0.2) is 0 Å². The predicted molar refractivity (Wildman–Crippen MR) is 78.0 cm³/mol. The van der Waals surface area contributed by atoms with Crippen molar-refractivity contribution in [1.82, 2.24) is 0 Å². The molecular weight excluding hydrogens is 391 g/mol. The van der Waals surface area contributed by atoms with E-state index in [2.05, 4.69) is 31.9 Å². The molecule has 1 atom stereocenters. The molecular formula is C12H8Br2Cl2O. The van der Waals surface area contributed by atoms with E-state index in [1.54, 1.807) is 12.1 Å². The topological polar surface area (TPSA) is 13.1 Å². The van der Waals surface area contributed by atoms with Crippen LogP contribution in [0.2, 0.25) is 5.22 Å². The van der Waals surface area contributed by atoms with Gasteiger partial charge in [-0.1, -0.05) is 31.9 Å². The number of alkyl halides is 1. The molecule has 0 fully saturated rings. The second-order valence-electron chi connectivity index (χ2n) is 3.63. The first-order valence-electron chi connectivity index (χ1n) is 4.84. The summed E-state index contributed by atoms with van der Waals surface area (Å²) in [6.07, 6.45) is 0. The van der Waals surface area contributed by atoms with E-state index in [1.165, 1.54) is 0 Å². The van der Waals surface area contributed by atoms with Crippen LogP contribution < -0.4 is 0 Å². The fraction of sp³-hybridized carbons (Fsp3) is 0.167. The monoisotopic (exact) mass is 396 g/mol. The van der Waals surface area contributed by atoms with Crippen molar-refractivity contribution >= 4 is 55.1 Å². The van der Waals surface area contributed by atoms with Gasteiger partial charge in [-0.2, -0.15) is 0 Å². The molecule has 1 heterocycles. The van der Waals surface area contributed by atoms with Gasteiger partial charge in [0, 0.05) is 8.95 Å². The van der Waals surface area contributed by atoms with Crippen LogP contribution in [-0.4, -0.2) is 0 Å². The average Bonchev–Trinajstić information content (AvgIpc) is 2.69. The van der Waals surface area contributed by atoms with Crippen LogP contribution in [0.25, 0.3) is 0 Å². The summed E-state index contributed by atoms with van der Waals surface area (Å²) in [5.41, 5.74) is 2.08. The van der Waals surface area contributed by atoms with Gasteiger partial charge in [0.05, 0.1) is 0 Å². The molecule has 2 rings (SSSR count). The van der Waals surface area contributed by atoms with E-state index in [4.69, 9.17) is 27.6 Å². The molecule has 5 heteroatoms. The van der Waals surface area contributed by atoms with E-state index in [0.29, 0.717) is 11.0 Å². The van der Waals surface area contributed by atoms with E-state index in [1.807, 2.05) is 19.1 Å². The largest absolute Gasteiger partial charge is 0.448 e. The Kier molecular flexibility index (Phi) is 4.24. The summed E-state index contributed by atoms with van der Waals surface area (Å²) < 4.78 is 7.28. The minimum absolute atomic E-state index is 0.341. The summed E-state index contributed by atoms with van der Waals surface area (Å²) in [4.78, 5) is 0. The fourth-order valence-corrected chi connectivity index (χ4v) is 3.10. The number of halogens is 4. The summed E-state index contributed by atoms with van der Waals surface area (Å²) in [7, 11) is 0. The zero-order valence-corrected chi connectivity index (χ0v) is 13.5. The van der Waals surface area contributed by atoms with E-state index >= 15 is 0 Å². The van der Waals surface area contributed by atoms with Crippen molar-refractivity contribution in [2.24, 2.45) is 0 Å². The van der Waals surface area contributed by atoms with Gasteiger partial charge in [0.1, 0.15) is 11.1 Å². The van der Waals surface area contributed by atoms with Crippen molar-refractivity contribution in [3.8, 4) is 0 Å². The molecule has 0 bridgehead atoms. The molecule has 1 aromatic carbocycles. The van der Waals surface area contributed by atoms with Crippen molar-refractivity contribution < 1.29 is 4.42 Å². The van der Waals surface area contributed by atoms with E-state index < -0.39 is 0 Å². The first kappa shape index (κ1) is 13.5. The van der Waals surface area contributed by atoms with Crippen LogP contribution in [0.4, 0.5) is 0 Å². The fourth-order valence-electron chi connectivity index (χ4n) is 1.47. The molecule has 0 aliphatic rings. The normalized spacial score (nSPS) is 12.8. The smallest absolute Gasteiger partial charge is 0.193 e. The lowest BCUT2D eigenvalue weighted by molar-refractivity contribution is 0.518. The second kappa shape index (κ2) is 5.35. The summed E-state index contributed by atoms with van der Waals surface area (Å²) in [6.45, 7) is 2.02. The Morgan fingerprint density at radius 3 is 2.47 bits per heavy atom. The Morgan fingerprint density at radius 2 is 1.88 bits per heavy atom. The lowest BCUT2D eigenvalue weighted by atomic mass is 10.1. The molecule has 1 nitrogen and oxygen atoms in total. The summed E-state index contributed by atoms with van der Waals surface area (Å²) in [5, 5.41) is -0.0262. The first-order valence-corrected chi connectivity index (χ1v) is 7.24. The van der Waals surface area contributed by atoms with Gasteiger partial charge >= 0.3 is 0 Å². The average molecular weight is 399 g/mol. The zero-order chi connectivity index (χ0) is 12.6. The van der Waals surface area contributed by atoms with Crippen molar-refractivity contribution in [3.63, 3.8) is 0 Å². The molecule has 1 aromatic heterocycles. The van der Waals surface area contributed by atoms with Crippen molar-refractivity contribution in [2.75, 3.05) is 0 Å². The number of hydrogen-bond donors (Lipinski definition) is 0. The van der Waals surface area contributed by atoms with Gasteiger partial charge < -0.3 is 4.42 Å². The van der Waals surface area contributed by atoms with Crippen molar-refractivity contribution in [1.29, 1.82) is 0 Å². The summed E-state index contributed by atoms with van der Waals surface area (Å²) in [5.74, 6) is 0.633. The number of aryl methyl sites for hydroxylation is 1. The Labute approximate surface area is 126 Å². The molecule has 17 heavy (non-hydrogen) atoms. The molecule has 90 valence electrons. The van der Waals surface area contributed by atoms with Gasteiger partial charge in [-0.05, 0) is 53.9 Å². The van der Waals surface area contributed by atoms with Gasteiger partial charge in [0.15, 0.2) is 5.22 Å². The molecule has 0 spiro atoms.